The zero-order valence-electron chi connectivity index (χ0n) is 39.1. The average molecular weight is 1040 g/mol. The Morgan fingerprint density at radius 2 is 0.600 bits per heavy atom. The molecule has 6 heterocycles. The summed E-state index contributed by atoms with van der Waals surface area (Å²) in [5, 5.41) is 0. The lowest BCUT2D eigenvalue weighted by Crippen LogP contribution is -2.90. The standard InChI is InChI=1S/C43H76O14Si8/c1-35(2)43(44)45-33-18-34-58-46-59(36-19-4-3-5-20-36)49-62(39-25-10-11-26-39)51-60(47-58,37-21-6-7-22-37)53-64(41-29-14-15-30-41)54-61(48-58,38-23-8-9-24-38)52-63(50-59,40-27-12-13-28-40)56-65(55-62,57-64)42-31-16-17-32-42/h36-42H,1,3-34H2,2H3. The first kappa shape index (κ1) is 46.5. The molecular weight excluding hydrogens is 965 g/mol. The second-order valence-electron chi connectivity index (χ2n) is 22.4. The van der Waals surface area contributed by atoms with E-state index in [1.807, 2.05) is 0 Å². The van der Waals surface area contributed by atoms with Crippen molar-refractivity contribution in [3.63, 3.8) is 0 Å². The summed E-state index contributed by atoms with van der Waals surface area (Å²) in [6, 6.07) is 0.365. The Morgan fingerprint density at radius 3 is 0.831 bits per heavy atom. The molecule has 0 aromatic heterocycles. The highest BCUT2D eigenvalue weighted by atomic mass is 28.6. The van der Waals surface area contributed by atoms with E-state index in [2.05, 4.69) is 6.58 Å². The van der Waals surface area contributed by atoms with Crippen LogP contribution in [-0.4, -0.2) is 83.0 Å². The first-order valence-corrected chi connectivity index (χ1v) is 41.3. The van der Waals surface area contributed by atoms with Gasteiger partial charge in [0.1, 0.15) is 0 Å². The smallest absolute Gasteiger partial charge is 0.462 e. The van der Waals surface area contributed by atoms with Gasteiger partial charge in [-0.1, -0.05) is 103 Å². The summed E-state index contributed by atoms with van der Waals surface area (Å²) in [5.74, 6) is -0.402. The van der Waals surface area contributed by atoms with Crippen LogP contribution < -0.4 is 0 Å². The van der Waals surface area contributed by atoms with E-state index >= 15 is 0 Å². The fourth-order valence-corrected chi connectivity index (χ4v) is 70.6. The topological polar surface area (TPSA) is 137 Å². The zero-order valence-corrected chi connectivity index (χ0v) is 47.1. The Morgan fingerprint density at radius 1 is 0.385 bits per heavy atom. The highest BCUT2D eigenvalue weighted by Crippen LogP contribution is 2.66. The lowest BCUT2D eigenvalue weighted by molar-refractivity contribution is -0.139. The minimum Gasteiger partial charge on any atom is -0.462 e. The van der Waals surface area contributed by atoms with Crippen molar-refractivity contribution in [3.8, 4) is 0 Å². The van der Waals surface area contributed by atoms with Gasteiger partial charge in [0.15, 0.2) is 0 Å². The van der Waals surface area contributed by atoms with E-state index in [-0.39, 0.29) is 45.4 Å². The Labute approximate surface area is 396 Å². The number of carbonyl (C=O) groups is 1. The molecule has 0 radical (unpaired) electrons. The van der Waals surface area contributed by atoms with Crippen LogP contribution in [0.4, 0.5) is 0 Å². The number of hydrogen-bond donors (Lipinski definition) is 0. The van der Waals surface area contributed by atoms with E-state index in [0.29, 0.717) is 18.0 Å². The maximum atomic E-state index is 12.9. The van der Waals surface area contributed by atoms with E-state index in [9.17, 15) is 4.79 Å². The molecule has 6 saturated heterocycles. The number of esters is 1. The van der Waals surface area contributed by atoms with Crippen molar-refractivity contribution in [2.45, 2.75) is 244 Å². The van der Waals surface area contributed by atoms with Crippen LogP contribution in [0.3, 0.4) is 0 Å². The van der Waals surface area contributed by atoms with Gasteiger partial charge in [-0.25, -0.2) is 4.79 Å². The van der Waals surface area contributed by atoms with Gasteiger partial charge in [-0.15, -0.1) is 0 Å². The molecule has 13 fully saturated rings. The summed E-state index contributed by atoms with van der Waals surface area (Å²) in [6.07, 6.45) is 29.8. The molecule has 0 aromatic carbocycles. The van der Waals surface area contributed by atoms with Crippen molar-refractivity contribution >= 4 is 76.4 Å². The fourth-order valence-electron chi connectivity index (χ4n) is 14.5. The Balaban J connectivity index is 1.15. The van der Waals surface area contributed by atoms with Crippen LogP contribution in [-0.2, 0) is 58.9 Å². The summed E-state index contributed by atoms with van der Waals surface area (Å²) in [7, 11) is -32.1. The van der Waals surface area contributed by atoms with Crippen molar-refractivity contribution in [1.82, 2.24) is 0 Å². The fraction of sp³-hybridized carbons (Fsp3) is 0.930. The average Bonchev–Trinajstić information content (AvgIpc) is 4.13. The third kappa shape index (κ3) is 8.08. The molecule has 13 rings (SSSR count). The predicted octanol–water partition coefficient (Wildman–Crippen LogP) is 11.3. The van der Waals surface area contributed by atoms with Crippen LogP contribution in [0, 0.1) is 0 Å². The molecular formula is C43H76O14Si8. The van der Waals surface area contributed by atoms with Crippen molar-refractivity contribution in [2.24, 2.45) is 0 Å². The maximum Gasteiger partial charge on any atom is 0.482 e. The second kappa shape index (κ2) is 17.9. The molecule has 13 aliphatic rings. The molecule has 65 heavy (non-hydrogen) atoms. The molecule has 7 saturated carbocycles. The molecule has 0 aromatic rings. The molecule has 22 heteroatoms. The van der Waals surface area contributed by atoms with Gasteiger partial charge in [0.05, 0.1) is 6.61 Å². The largest absolute Gasteiger partial charge is 0.482 e. The molecule has 0 spiro atoms. The molecule has 0 amide bonds. The van der Waals surface area contributed by atoms with Crippen LogP contribution in [0.25, 0.3) is 0 Å². The van der Waals surface area contributed by atoms with Crippen molar-refractivity contribution in [1.29, 1.82) is 0 Å². The highest BCUT2D eigenvalue weighted by Gasteiger charge is 2.88. The number of ether oxygens (including phenoxy) is 1. The van der Waals surface area contributed by atoms with Crippen LogP contribution >= 0.6 is 0 Å². The Bertz CT molecular complexity index is 1710. The van der Waals surface area contributed by atoms with Gasteiger partial charge in [0.2, 0.25) is 0 Å². The van der Waals surface area contributed by atoms with E-state index < -0.39 is 76.4 Å². The molecule has 0 N–H and O–H groups in total. The molecule has 14 nitrogen and oxygen atoms in total. The number of hydrogen-bond acceptors (Lipinski definition) is 14. The molecule has 4 unspecified atom stereocenters. The van der Waals surface area contributed by atoms with E-state index in [4.69, 9.17) is 54.1 Å². The van der Waals surface area contributed by atoms with Crippen molar-refractivity contribution in [2.75, 3.05) is 6.61 Å². The molecule has 364 valence electrons. The zero-order chi connectivity index (χ0) is 44.0. The quantitative estimate of drug-likeness (QED) is 0.0793. The van der Waals surface area contributed by atoms with Gasteiger partial charge in [-0.3, -0.25) is 0 Å². The third-order valence-electron chi connectivity index (χ3n) is 17.9. The van der Waals surface area contributed by atoms with Crippen LogP contribution in [0.15, 0.2) is 12.2 Å². The van der Waals surface area contributed by atoms with Crippen molar-refractivity contribution < 1.29 is 58.9 Å². The monoisotopic (exact) mass is 1040 g/mol. The van der Waals surface area contributed by atoms with E-state index in [1.54, 1.807) is 6.92 Å². The molecule has 8 bridgehead atoms. The van der Waals surface area contributed by atoms with E-state index in [0.717, 1.165) is 186 Å². The summed E-state index contributed by atoms with van der Waals surface area (Å²) >= 11 is 0. The minimum absolute atomic E-state index is 0.0173. The van der Waals surface area contributed by atoms with Gasteiger partial charge in [-0.2, -0.15) is 0 Å². The second-order valence-corrected chi connectivity index (χ2v) is 48.2. The summed E-state index contributed by atoms with van der Waals surface area (Å²) in [6.45, 7) is 5.73. The predicted molar refractivity (Wildman–Crippen MR) is 254 cm³/mol. The molecule has 6 aliphatic heterocycles. The van der Waals surface area contributed by atoms with Gasteiger partial charge in [-0.05, 0) is 103 Å². The first-order chi connectivity index (χ1) is 31.5. The Hall–Kier alpha value is 0.465. The Kier molecular flexibility index (Phi) is 12.8. The summed E-state index contributed by atoms with van der Waals surface area (Å²) in [5.41, 5.74) is 0.403. The molecule has 4 atom stereocenters. The maximum absolute atomic E-state index is 12.9. The lowest BCUT2D eigenvalue weighted by atomic mass is 10.0. The summed E-state index contributed by atoms with van der Waals surface area (Å²) in [4.78, 5) is 12.9. The SMILES string of the molecule is C=C(C)C(=O)OCCC[Si]12O[Si]3(C4CCCCC4)O[Si]4(C5CCCC5)O[Si](C5CCCC5)(O1)O[Si]1(C5CCCC5)O[Si](C5CCCC5)(O2)O[Si](C2CCCC2)(O3)O[Si](C2CCCC2)(O4)O1. The number of rotatable bonds is 12. The lowest BCUT2D eigenvalue weighted by Gasteiger charge is -2.67. The van der Waals surface area contributed by atoms with Crippen molar-refractivity contribution in [3.05, 3.63) is 12.2 Å². The molecule has 7 aliphatic carbocycles. The van der Waals surface area contributed by atoms with Gasteiger partial charge in [0.25, 0.3) is 0 Å². The van der Waals surface area contributed by atoms with Crippen LogP contribution in [0.5, 0.6) is 0 Å². The third-order valence-corrected chi connectivity index (χ3v) is 57.5. The van der Waals surface area contributed by atoms with Gasteiger partial charge in [0, 0.05) is 50.4 Å². The number of carbonyl (C=O) groups excluding carboxylic acids is 1. The van der Waals surface area contributed by atoms with E-state index in [1.165, 1.54) is 0 Å². The van der Waals surface area contributed by atoms with Gasteiger partial charge < -0.3 is 54.1 Å². The first-order valence-electron chi connectivity index (χ1n) is 26.8. The van der Waals surface area contributed by atoms with Gasteiger partial charge >= 0.3 is 76.4 Å². The van der Waals surface area contributed by atoms with Crippen LogP contribution in [0.1, 0.15) is 200 Å². The normalized spacial score (nSPS) is 45.9. The van der Waals surface area contributed by atoms with Crippen LogP contribution in [0.2, 0.25) is 44.8 Å². The summed E-state index contributed by atoms with van der Waals surface area (Å²) < 4.78 is 107. The highest BCUT2D eigenvalue weighted by molar-refractivity contribution is 7.04. The minimum atomic E-state index is -4.12.